The molecule has 1 heterocycles. The van der Waals surface area contributed by atoms with Gasteiger partial charge in [0.05, 0.1) is 11.4 Å². The lowest BCUT2D eigenvalue weighted by molar-refractivity contribution is -0.122. The van der Waals surface area contributed by atoms with Crippen LogP contribution in [0.2, 0.25) is 0 Å². The molecule has 1 saturated heterocycles. The highest BCUT2D eigenvalue weighted by atomic mass is 16.5. The summed E-state index contributed by atoms with van der Waals surface area (Å²) in [4.78, 5) is 26.5. The second-order valence-corrected chi connectivity index (χ2v) is 6.23. The van der Waals surface area contributed by atoms with E-state index in [4.69, 9.17) is 4.74 Å². The topological polar surface area (TPSA) is 70.7 Å². The van der Waals surface area contributed by atoms with E-state index in [0.717, 1.165) is 25.9 Å². The number of hydrogen-bond acceptors (Lipinski definition) is 3. The third kappa shape index (κ3) is 4.53. The highest BCUT2D eigenvalue weighted by Gasteiger charge is 2.20. The van der Waals surface area contributed by atoms with Crippen molar-refractivity contribution in [2.24, 2.45) is 0 Å². The Kier molecular flexibility index (Phi) is 5.73. The van der Waals surface area contributed by atoms with Crippen molar-refractivity contribution in [1.29, 1.82) is 0 Å². The number of anilines is 2. The van der Waals surface area contributed by atoms with E-state index in [1.807, 2.05) is 30.3 Å². The van der Waals surface area contributed by atoms with Crippen LogP contribution in [0.25, 0.3) is 0 Å². The summed E-state index contributed by atoms with van der Waals surface area (Å²) in [6.45, 7) is 3.22. The summed E-state index contributed by atoms with van der Waals surface area (Å²) in [6.07, 6.45) is 1.39. The fourth-order valence-electron chi connectivity index (χ4n) is 2.81. The van der Waals surface area contributed by atoms with E-state index in [9.17, 15) is 9.59 Å². The van der Waals surface area contributed by atoms with Crippen molar-refractivity contribution >= 4 is 23.3 Å². The minimum Gasteiger partial charge on any atom is -0.481 e. The number of carbonyl (C=O) groups excluding carboxylic acids is 2. The monoisotopic (exact) mass is 353 g/mol. The number of nitrogens with one attached hydrogen (secondary N) is 2. The summed E-state index contributed by atoms with van der Waals surface area (Å²) in [7, 11) is 0. The number of rotatable bonds is 5. The Hall–Kier alpha value is -3.02. The molecule has 1 unspecified atom stereocenters. The quantitative estimate of drug-likeness (QED) is 0.861. The maximum atomic E-state index is 12.5. The summed E-state index contributed by atoms with van der Waals surface area (Å²) in [6, 6.07) is 16.2. The number of carbonyl (C=O) groups is 2. The highest BCUT2D eigenvalue weighted by molar-refractivity contribution is 6.00. The van der Waals surface area contributed by atoms with Crippen LogP contribution in [0.3, 0.4) is 0 Å². The van der Waals surface area contributed by atoms with Crippen LogP contribution in [0.15, 0.2) is 54.6 Å². The summed E-state index contributed by atoms with van der Waals surface area (Å²) < 4.78 is 5.64. The van der Waals surface area contributed by atoms with Crippen LogP contribution in [-0.2, 0) is 4.79 Å². The number of urea groups is 1. The maximum absolute atomic E-state index is 12.5. The molecule has 1 aliphatic heterocycles. The molecular weight excluding hydrogens is 330 g/mol. The molecule has 0 aromatic heterocycles. The normalized spacial score (nSPS) is 14.6. The number of amides is 3. The van der Waals surface area contributed by atoms with Crippen molar-refractivity contribution in [2.45, 2.75) is 25.9 Å². The standard InChI is InChI=1S/C20H23N3O3/c1-15(26-16-9-3-2-4-10-16)19(24)21-17-11-5-6-12-18(17)22-20(25)23-13-7-8-14-23/h2-6,9-12,15H,7-8,13-14H2,1H3,(H,21,24)(H,22,25). The molecule has 3 amide bonds. The van der Waals surface area contributed by atoms with Gasteiger partial charge in [0.1, 0.15) is 5.75 Å². The average molecular weight is 353 g/mol. The van der Waals surface area contributed by atoms with Crippen LogP contribution in [0.1, 0.15) is 19.8 Å². The molecule has 6 heteroatoms. The minimum absolute atomic E-state index is 0.141. The van der Waals surface area contributed by atoms with Crippen molar-refractivity contribution in [3.05, 3.63) is 54.6 Å². The van der Waals surface area contributed by atoms with Gasteiger partial charge in [0.2, 0.25) is 0 Å². The Balaban J connectivity index is 1.63. The molecule has 1 aliphatic rings. The van der Waals surface area contributed by atoms with Crippen molar-refractivity contribution in [2.75, 3.05) is 23.7 Å². The first-order chi connectivity index (χ1) is 12.6. The highest BCUT2D eigenvalue weighted by Crippen LogP contribution is 2.23. The molecule has 1 fully saturated rings. The number of hydrogen-bond donors (Lipinski definition) is 2. The van der Waals surface area contributed by atoms with Crippen molar-refractivity contribution in [3.63, 3.8) is 0 Å². The zero-order valence-electron chi connectivity index (χ0n) is 14.8. The molecule has 0 bridgehead atoms. The van der Waals surface area contributed by atoms with Crippen LogP contribution in [0.5, 0.6) is 5.75 Å². The Morgan fingerprint density at radius 2 is 1.50 bits per heavy atom. The van der Waals surface area contributed by atoms with Gasteiger partial charge in [-0.1, -0.05) is 30.3 Å². The van der Waals surface area contributed by atoms with Gasteiger partial charge in [-0.05, 0) is 44.0 Å². The van der Waals surface area contributed by atoms with E-state index in [1.54, 1.807) is 36.1 Å². The second kappa shape index (κ2) is 8.38. The van der Waals surface area contributed by atoms with Gasteiger partial charge >= 0.3 is 6.03 Å². The first-order valence-corrected chi connectivity index (χ1v) is 8.81. The van der Waals surface area contributed by atoms with Gasteiger partial charge < -0.3 is 20.3 Å². The third-order valence-electron chi connectivity index (χ3n) is 4.25. The molecule has 6 nitrogen and oxygen atoms in total. The van der Waals surface area contributed by atoms with Gasteiger partial charge in [-0.3, -0.25) is 4.79 Å². The maximum Gasteiger partial charge on any atom is 0.321 e. The lowest BCUT2D eigenvalue weighted by Crippen LogP contribution is -2.33. The molecule has 2 aromatic carbocycles. The molecule has 2 aromatic rings. The first kappa shape index (κ1) is 17.8. The van der Waals surface area contributed by atoms with Crippen LogP contribution in [-0.4, -0.2) is 36.0 Å². The van der Waals surface area contributed by atoms with E-state index in [1.165, 1.54) is 0 Å². The predicted molar refractivity (Wildman–Crippen MR) is 101 cm³/mol. The number of likely N-dealkylation sites (tertiary alicyclic amines) is 1. The van der Waals surface area contributed by atoms with Crippen molar-refractivity contribution < 1.29 is 14.3 Å². The number of benzene rings is 2. The molecule has 0 spiro atoms. The van der Waals surface area contributed by atoms with E-state index < -0.39 is 6.10 Å². The van der Waals surface area contributed by atoms with Crippen LogP contribution in [0, 0.1) is 0 Å². The summed E-state index contributed by atoms with van der Waals surface area (Å²) in [5, 5.41) is 5.71. The molecule has 136 valence electrons. The van der Waals surface area contributed by atoms with Crippen LogP contribution < -0.4 is 15.4 Å². The zero-order valence-corrected chi connectivity index (χ0v) is 14.8. The fraction of sp³-hybridized carbons (Fsp3) is 0.300. The van der Waals surface area contributed by atoms with Crippen molar-refractivity contribution in [1.82, 2.24) is 4.90 Å². The number of ether oxygens (including phenoxy) is 1. The third-order valence-corrected chi connectivity index (χ3v) is 4.25. The largest absolute Gasteiger partial charge is 0.481 e. The average Bonchev–Trinajstić information content (AvgIpc) is 3.19. The Morgan fingerprint density at radius 3 is 2.15 bits per heavy atom. The van der Waals surface area contributed by atoms with Gasteiger partial charge in [-0.2, -0.15) is 0 Å². The summed E-state index contributed by atoms with van der Waals surface area (Å²) in [5.41, 5.74) is 1.12. The molecule has 1 atom stereocenters. The minimum atomic E-state index is -0.667. The molecule has 26 heavy (non-hydrogen) atoms. The first-order valence-electron chi connectivity index (χ1n) is 8.81. The van der Waals surface area contributed by atoms with Crippen LogP contribution in [0.4, 0.5) is 16.2 Å². The van der Waals surface area contributed by atoms with E-state index in [2.05, 4.69) is 10.6 Å². The molecule has 3 rings (SSSR count). The van der Waals surface area contributed by atoms with E-state index >= 15 is 0 Å². The Morgan fingerprint density at radius 1 is 0.923 bits per heavy atom. The molecule has 0 saturated carbocycles. The predicted octanol–water partition coefficient (Wildman–Crippen LogP) is 3.72. The summed E-state index contributed by atoms with van der Waals surface area (Å²) in [5.74, 6) is 0.350. The van der Waals surface area contributed by atoms with Gasteiger partial charge in [0.15, 0.2) is 6.10 Å². The Labute approximate surface area is 153 Å². The number of nitrogens with zero attached hydrogens (tertiary/aromatic N) is 1. The smallest absolute Gasteiger partial charge is 0.321 e. The van der Waals surface area contributed by atoms with Gasteiger partial charge in [0.25, 0.3) is 5.91 Å². The lowest BCUT2D eigenvalue weighted by Gasteiger charge is -2.19. The zero-order chi connectivity index (χ0) is 18.4. The molecule has 2 N–H and O–H groups in total. The Bertz CT molecular complexity index is 758. The van der Waals surface area contributed by atoms with Gasteiger partial charge in [0, 0.05) is 13.1 Å². The SMILES string of the molecule is CC(Oc1ccccc1)C(=O)Nc1ccccc1NC(=O)N1CCCC1. The number of para-hydroxylation sites is 3. The fourth-order valence-corrected chi connectivity index (χ4v) is 2.81. The summed E-state index contributed by atoms with van der Waals surface area (Å²) >= 11 is 0. The second-order valence-electron chi connectivity index (χ2n) is 6.23. The lowest BCUT2D eigenvalue weighted by atomic mass is 10.2. The van der Waals surface area contributed by atoms with Gasteiger partial charge in [-0.25, -0.2) is 4.79 Å². The van der Waals surface area contributed by atoms with E-state index in [-0.39, 0.29) is 11.9 Å². The van der Waals surface area contributed by atoms with Crippen molar-refractivity contribution in [3.8, 4) is 5.75 Å². The molecule has 0 aliphatic carbocycles. The van der Waals surface area contributed by atoms with Crippen LogP contribution >= 0.6 is 0 Å². The molecule has 0 radical (unpaired) electrons. The molecular formula is C20H23N3O3. The van der Waals surface area contributed by atoms with Gasteiger partial charge in [-0.15, -0.1) is 0 Å². The van der Waals surface area contributed by atoms with E-state index in [0.29, 0.717) is 17.1 Å².